The summed E-state index contributed by atoms with van der Waals surface area (Å²) in [6, 6.07) is 23.5. The van der Waals surface area contributed by atoms with E-state index in [0.29, 0.717) is 19.1 Å². The highest BCUT2D eigenvalue weighted by Gasteiger charge is 2.27. The fraction of sp³-hybridized carbons (Fsp3) is 0.320. The third-order valence-electron chi connectivity index (χ3n) is 5.43. The maximum Gasteiger partial charge on any atom is 0.119 e. The first-order valence-electron chi connectivity index (χ1n) is 10.2. The van der Waals surface area contributed by atoms with Gasteiger partial charge in [-0.25, -0.2) is 0 Å². The van der Waals surface area contributed by atoms with Crippen molar-refractivity contribution < 1.29 is 9.47 Å². The van der Waals surface area contributed by atoms with Gasteiger partial charge in [0.15, 0.2) is 0 Å². The highest BCUT2D eigenvalue weighted by atomic mass is 16.5. The van der Waals surface area contributed by atoms with Crippen molar-refractivity contribution in [1.29, 1.82) is 0 Å². The number of hydrogen-bond acceptors (Lipinski definition) is 3. The molecular weight excluding hydrogens is 346 g/mol. The van der Waals surface area contributed by atoms with Crippen LogP contribution in [0.2, 0.25) is 0 Å². The van der Waals surface area contributed by atoms with Gasteiger partial charge < -0.3 is 14.8 Å². The lowest BCUT2D eigenvalue weighted by Gasteiger charge is -2.32. The number of nitrogens with one attached hydrogen (secondary N) is 1. The lowest BCUT2D eigenvalue weighted by atomic mass is 9.87. The topological polar surface area (TPSA) is 30.5 Å². The molecule has 1 aliphatic rings. The second-order valence-electron chi connectivity index (χ2n) is 7.40. The summed E-state index contributed by atoms with van der Waals surface area (Å²) in [6.07, 6.45) is 2.04. The first-order chi connectivity index (χ1) is 13.8. The van der Waals surface area contributed by atoms with E-state index in [-0.39, 0.29) is 6.10 Å². The molecule has 1 fully saturated rings. The fourth-order valence-corrected chi connectivity index (χ4v) is 3.92. The predicted molar refractivity (Wildman–Crippen MR) is 115 cm³/mol. The maximum atomic E-state index is 6.38. The molecule has 145 valence electrons. The Bertz CT molecular complexity index is 890. The molecule has 1 aliphatic heterocycles. The SMILES string of the molecule is [CH2]CCOc1ccc(C2CCNCC2OCc2ccc3ccccc3c2)cc1. The Morgan fingerprint density at radius 3 is 2.61 bits per heavy atom. The van der Waals surface area contributed by atoms with Gasteiger partial charge >= 0.3 is 0 Å². The molecule has 3 heteroatoms. The van der Waals surface area contributed by atoms with E-state index < -0.39 is 0 Å². The molecule has 28 heavy (non-hydrogen) atoms. The minimum Gasteiger partial charge on any atom is -0.494 e. The minimum absolute atomic E-state index is 0.173. The normalized spacial score (nSPS) is 19.6. The van der Waals surface area contributed by atoms with Gasteiger partial charge in [-0.3, -0.25) is 0 Å². The predicted octanol–water partition coefficient (Wildman–Crippen LogP) is 5.11. The summed E-state index contributed by atoms with van der Waals surface area (Å²) in [7, 11) is 0. The van der Waals surface area contributed by atoms with Crippen molar-refractivity contribution in [2.24, 2.45) is 0 Å². The lowest BCUT2D eigenvalue weighted by molar-refractivity contribution is 0.0106. The van der Waals surface area contributed by atoms with Gasteiger partial charge in [-0.2, -0.15) is 0 Å². The van der Waals surface area contributed by atoms with Crippen LogP contribution in [-0.2, 0) is 11.3 Å². The Morgan fingerprint density at radius 1 is 0.964 bits per heavy atom. The molecular formula is C25H28NO2. The van der Waals surface area contributed by atoms with Crippen molar-refractivity contribution in [1.82, 2.24) is 5.32 Å². The molecule has 1 N–H and O–H groups in total. The third kappa shape index (κ3) is 4.54. The van der Waals surface area contributed by atoms with Crippen LogP contribution in [0, 0.1) is 6.92 Å². The summed E-state index contributed by atoms with van der Waals surface area (Å²) in [5, 5.41) is 6.01. The number of hydrogen-bond donors (Lipinski definition) is 1. The Hall–Kier alpha value is -2.36. The van der Waals surface area contributed by atoms with Crippen LogP contribution in [0.5, 0.6) is 5.75 Å². The van der Waals surface area contributed by atoms with Gasteiger partial charge in [-0.15, -0.1) is 0 Å². The van der Waals surface area contributed by atoms with Gasteiger partial charge in [0, 0.05) is 12.5 Å². The van der Waals surface area contributed by atoms with Crippen molar-refractivity contribution in [3.05, 3.63) is 84.8 Å². The monoisotopic (exact) mass is 374 g/mol. The highest BCUT2D eigenvalue weighted by Crippen LogP contribution is 2.30. The fourth-order valence-electron chi connectivity index (χ4n) is 3.92. The molecule has 2 atom stereocenters. The molecule has 3 nitrogen and oxygen atoms in total. The first kappa shape index (κ1) is 19.0. The molecule has 0 saturated carbocycles. The standard InChI is InChI=1S/C25H28NO2/c1-2-15-27-23-11-9-21(10-12-23)24-13-14-26-17-25(24)28-18-19-7-8-20-5-3-4-6-22(20)16-19/h3-12,16,24-26H,1-2,13-15,17-18H2. The van der Waals surface area contributed by atoms with Crippen LogP contribution in [0.3, 0.4) is 0 Å². The molecule has 0 aliphatic carbocycles. The smallest absolute Gasteiger partial charge is 0.119 e. The zero-order valence-corrected chi connectivity index (χ0v) is 16.3. The summed E-state index contributed by atoms with van der Waals surface area (Å²) in [5.41, 5.74) is 2.55. The molecule has 3 aromatic carbocycles. The molecule has 1 saturated heterocycles. The van der Waals surface area contributed by atoms with E-state index in [2.05, 4.69) is 79.0 Å². The molecule has 0 aromatic heterocycles. The van der Waals surface area contributed by atoms with Gasteiger partial charge in [0.1, 0.15) is 5.75 Å². The summed E-state index contributed by atoms with van der Waals surface area (Å²) in [6.45, 7) is 7.02. The maximum absolute atomic E-state index is 6.38. The van der Waals surface area contributed by atoms with E-state index in [1.54, 1.807) is 0 Å². The molecule has 2 unspecified atom stereocenters. The van der Waals surface area contributed by atoms with Gasteiger partial charge in [0.25, 0.3) is 0 Å². The Balaban J connectivity index is 1.43. The zero-order valence-electron chi connectivity index (χ0n) is 16.3. The molecule has 0 spiro atoms. The van der Waals surface area contributed by atoms with Crippen LogP contribution in [0.25, 0.3) is 10.8 Å². The summed E-state index contributed by atoms with van der Waals surface area (Å²) in [5.74, 6) is 1.32. The van der Waals surface area contributed by atoms with E-state index in [9.17, 15) is 0 Å². The Kier molecular flexibility index (Phi) is 6.25. The molecule has 3 aromatic rings. The van der Waals surface area contributed by atoms with Crippen LogP contribution in [0.15, 0.2) is 66.7 Å². The van der Waals surface area contributed by atoms with Crippen molar-refractivity contribution in [3.63, 3.8) is 0 Å². The van der Waals surface area contributed by atoms with Crippen LogP contribution in [0.1, 0.15) is 29.9 Å². The summed E-state index contributed by atoms with van der Waals surface area (Å²) in [4.78, 5) is 0. The molecule has 1 heterocycles. The van der Waals surface area contributed by atoms with Crippen molar-refractivity contribution in [2.75, 3.05) is 19.7 Å². The number of fused-ring (bicyclic) bond motifs is 1. The number of piperidine rings is 1. The number of benzene rings is 3. The summed E-state index contributed by atoms with van der Waals surface area (Å²) < 4.78 is 12.0. The van der Waals surface area contributed by atoms with Crippen molar-refractivity contribution >= 4 is 10.8 Å². The molecule has 0 bridgehead atoms. The second kappa shape index (κ2) is 9.22. The Labute approximate surface area is 167 Å². The number of rotatable bonds is 7. The quantitative estimate of drug-likeness (QED) is 0.624. The van der Waals surface area contributed by atoms with Crippen LogP contribution < -0.4 is 10.1 Å². The largest absolute Gasteiger partial charge is 0.494 e. The van der Waals surface area contributed by atoms with Crippen LogP contribution in [0.4, 0.5) is 0 Å². The molecule has 4 rings (SSSR count). The van der Waals surface area contributed by atoms with Crippen LogP contribution in [-0.4, -0.2) is 25.8 Å². The van der Waals surface area contributed by atoms with Gasteiger partial charge in [-0.1, -0.05) is 48.5 Å². The van der Waals surface area contributed by atoms with Crippen molar-refractivity contribution in [2.45, 2.75) is 31.5 Å². The van der Waals surface area contributed by atoms with Gasteiger partial charge in [0.05, 0.1) is 19.3 Å². The van der Waals surface area contributed by atoms with Gasteiger partial charge in [-0.05, 0) is 66.4 Å². The van der Waals surface area contributed by atoms with E-state index in [1.807, 2.05) is 0 Å². The van der Waals surface area contributed by atoms with E-state index in [4.69, 9.17) is 9.47 Å². The average Bonchev–Trinajstić information content (AvgIpc) is 2.77. The molecule has 0 amide bonds. The van der Waals surface area contributed by atoms with E-state index in [1.165, 1.54) is 21.9 Å². The summed E-state index contributed by atoms with van der Waals surface area (Å²) >= 11 is 0. The molecule has 1 radical (unpaired) electrons. The second-order valence-corrected chi connectivity index (χ2v) is 7.40. The number of ether oxygens (including phenoxy) is 2. The van der Waals surface area contributed by atoms with E-state index >= 15 is 0 Å². The van der Waals surface area contributed by atoms with E-state index in [0.717, 1.165) is 31.7 Å². The van der Waals surface area contributed by atoms with Crippen LogP contribution >= 0.6 is 0 Å². The highest BCUT2D eigenvalue weighted by molar-refractivity contribution is 5.82. The zero-order chi connectivity index (χ0) is 19.2. The average molecular weight is 375 g/mol. The lowest BCUT2D eigenvalue weighted by Crippen LogP contribution is -2.40. The third-order valence-corrected chi connectivity index (χ3v) is 5.43. The van der Waals surface area contributed by atoms with Gasteiger partial charge in [0.2, 0.25) is 0 Å². The minimum atomic E-state index is 0.173. The Morgan fingerprint density at radius 2 is 1.79 bits per heavy atom. The first-order valence-corrected chi connectivity index (χ1v) is 10.2. The van der Waals surface area contributed by atoms with Crippen molar-refractivity contribution in [3.8, 4) is 5.75 Å².